The van der Waals surface area contributed by atoms with Crippen LogP contribution >= 0.6 is 0 Å². The van der Waals surface area contributed by atoms with E-state index < -0.39 is 10.0 Å². The first-order valence-corrected chi connectivity index (χ1v) is 12.3. The van der Waals surface area contributed by atoms with E-state index in [-0.39, 0.29) is 34.6 Å². The molecule has 33 heavy (non-hydrogen) atoms. The van der Waals surface area contributed by atoms with Gasteiger partial charge in [-0.3, -0.25) is 4.79 Å². The van der Waals surface area contributed by atoms with Crippen molar-refractivity contribution in [1.29, 1.82) is 0 Å². The van der Waals surface area contributed by atoms with Gasteiger partial charge in [-0.05, 0) is 54.2 Å². The molecule has 3 aromatic carbocycles. The summed E-state index contributed by atoms with van der Waals surface area (Å²) in [5, 5.41) is 2.96. The second-order valence-electron chi connectivity index (χ2n) is 8.15. The van der Waals surface area contributed by atoms with Crippen molar-refractivity contribution in [3.05, 3.63) is 89.0 Å². The number of aryl methyl sites for hydroxylation is 1. The molecule has 6 nitrogen and oxygen atoms in total. The Hall–Kier alpha value is -3.16. The predicted octanol–water partition coefficient (Wildman–Crippen LogP) is 4.90. The van der Waals surface area contributed by atoms with Gasteiger partial charge in [0.2, 0.25) is 10.0 Å². The van der Waals surface area contributed by atoms with Crippen molar-refractivity contribution in [2.24, 2.45) is 0 Å². The molecule has 0 unspecified atom stereocenters. The summed E-state index contributed by atoms with van der Waals surface area (Å²) in [6.07, 6.45) is 0.549. The summed E-state index contributed by atoms with van der Waals surface area (Å²) in [5.41, 5.74) is 3.97. The smallest absolute Gasteiger partial charge is 0.255 e. The minimum Gasteiger partial charge on any atom is -0.495 e. The Labute approximate surface area is 196 Å². The van der Waals surface area contributed by atoms with Crippen LogP contribution in [0.3, 0.4) is 0 Å². The maximum atomic E-state index is 13.1. The number of para-hydroxylation sites is 1. The molecule has 2 N–H and O–H groups in total. The molecule has 0 bridgehead atoms. The fourth-order valence-corrected chi connectivity index (χ4v) is 4.83. The quantitative estimate of drug-likeness (QED) is 0.470. The first-order chi connectivity index (χ1) is 15.7. The molecular formula is C26H30N2O4S. The monoisotopic (exact) mass is 466 g/mol. The van der Waals surface area contributed by atoms with E-state index in [0.29, 0.717) is 6.42 Å². The van der Waals surface area contributed by atoms with Crippen molar-refractivity contribution in [3.8, 4) is 5.75 Å². The van der Waals surface area contributed by atoms with Crippen LogP contribution in [-0.2, 0) is 16.4 Å². The van der Waals surface area contributed by atoms with E-state index in [9.17, 15) is 13.2 Å². The topological polar surface area (TPSA) is 84.5 Å². The van der Waals surface area contributed by atoms with Gasteiger partial charge in [0, 0.05) is 17.8 Å². The highest BCUT2D eigenvalue weighted by molar-refractivity contribution is 7.89. The normalized spacial score (nSPS) is 11.4. The van der Waals surface area contributed by atoms with Crippen molar-refractivity contribution in [2.45, 2.75) is 38.0 Å². The fraction of sp³-hybridized carbons (Fsp3) is 0.269. The predicted molar refractivity (Wildman–Crippen MR) is 132 cm³/mol. The lowest BCUT2D eigenvalue weighted by Crippen LogP contribution is -2.27. The van der Waals surface area contributed by atoms with E-state index >= 15 is 0 Å². The molecule has 174 valence electrons. The van der Waals surface area contributed by atoms with E-state index in [4.69, 9.17) is 4.74 Å². The van der Waals surface area contributed by atoms with E-state index in [1.807, 2.05) is 55.5 Å². The molecule has 0 heterocycles. The van der Waals surface area contributed by atoms with E-state index in [1.54, 1.807) is 6.07 Å². The number of rotatable bonds is 9. The summed E-state index contributed by atoms with van der Waals surface area (Å²) < 4.78 is 33.9. The Bertz CT molecular complexity index is 1220. The minimum atomic E-state index is -3.89. The molecule has 0 spiro atoms. The largest absolute Gasteiger partial charge is 0.495 e. The number of sulfonamides is 1. The van der Waals surface area contributed by atoms with Crippen LogP contribution < -0.4 is 14.8 Å². The molecule has 3 rings (SSSR count). The van der Waals surface area contributed by atoms with Gasteiger partial charge in [-0.25, -0.2) is 13.1 Å². The average molecular weight is 467 g/mol. The van der Waals surface area contributed by atoms with Crippen LogP contribution in [0.25, 0.3) is 0 Å². The van der Waals surface area contributed by atoms with Gasteiger partial charge in [-0.15, -0.1) is 0 Å². The highest BCUT2D eigenvalue weighted by Crippen LogP contribution is 2.29. The zero-order chi connectivity index (χ0) is 24.0. The van der Waals surface area contributed by atoms with Gasteiger partial charge in [0.15, 0.2) is 0 Å². The van der Waals surface area contributed by atoms with Crippen molar-refractivity contribution >= 4 is 21.6 Å². The van der Waals surface area contributed by atoms with E-state index in [0.717, 1.165) is 22.4 Å². The van der Waals surface area contributed by atoms with Crippen molar-refractivity contribution in [2.75, 3.05) is 19.0 Å². The number of anilines is 1. The number of hydrogen-bond acceptors (Lipinski definition) is 4. The molecule has 0 radical (unpaired) electrons. The molecule has 1 amide bonds. The number of nitrogens with one attached hydrogen (secondary N) is 2. The Kier molecular flexibility index (Phi) is 7.89. The van der Waals surface area contributed by atoms with E-state index in [1.165, 1.54) is 19.2 Å². The van der Waals surface area contributed by atoms with Gasteiger partial charge in [0.25, 0.3) is 5.91 Å². The summed E-state index contributed by atoms with van der Waals surface area (Å²) in [6, 6.07) is 19.9. The third-order valence-electron chi connectivity index (χ3n) is 5.43. The maximum absolute atomic E-state index is 13.1. The Morgan fingerprint density at radius 3 is 2.39 bits per heavy atom. The molecule has 7 heteroatoms. The van der Waals surface area contributed by atoms with Gasteiger partial charge in [0.1, 0.15) is 10.6 Å². The van der Waals surface area contributed by atoms with Gasteiger partial charge in [-0.2, -0.15) is 0 Å². The minimum absolute atomic E-state index is 0.0698. The number of benzene rings is 3. The molecular weight excluding hydrogens is 436 g/mol. The molecule has 0 aliphatic rings. The Morgan fingerprint density at radius 2 is 1.73 bits per heavy atom. The second kappa shape index (κ2) is 10.6. The van der Waals surface area contributed by atoms with Crippen LogP contribution in [0.1, 0.15) is 46.8 Å². The van der Waals surface area contributed by atoms with Crippen LogP contribution in [0.4, 0.5) is 5.69 Å². The van der Waals surface area contributed by atoms with Crippen LogP contribution in [0.15, 0.2) is 71.6 Å². The standard InChI is InChI=1S/C26H30N2O4S/c1-18(2)22-12-8-9-19(3)25(22)28-26(29)21-13-14-23(32-4)24(17-21)33(30,31)27-16-15-20-10-6-5-7-11-20/h5-14,17-18,27H,15-16H2,1-4H3,(H,28,29). The number of amides is 1. The first kappa shape index (κ1) is 24.5. The molecule has 0 saturated carbocycles. The van der Waals surface area contributed by atoms with Crippen LogP contribution in [0.2, 0.25) is 0 Å². The molecule has 0 aliphatic carbocycles. The number of ether oxygens (including phenoxy) is 1. The second-order valence-corrected chi connectivity index (χ2v) is 9.88. The molecule has 3 aromatic rings. The van der Waals surface area contributed by atoms with Crippen molar-refractivity contribution in [1.82, 2.24) is 4.72 Å². The summed E-state index contributed by atoms with van der Waals surface area (Å²) in [7, 11) is -2.48. The lowest BCUT2D eigenvalue weighted by molar-refractivity contribution is 0.102. The van der Waals surface area contributed by atoms with Gasteiger partial charge >= 0.3 is 0 Å². The zero-order valence-corrected chi connectivity index (χ0v) is 20.2. The average Bonchev–Trinajstić information content (AvgIpc) is 2.80. The molecule has 0 saturated heterocycles. The summed E-state index contributed by atoms with van der Waals surface area (Å²) in [6.45, 7) is 6.28. The number of methoxy groups -OCH3 is 1. The fourth-order valence-electron chi connectivity index (χ4n) is 3.61. The number of carbonyl (C=O) groups is 1. The van der Waals surface area contributed by atoms with Crippen LogP contribution in [0, 0.1) is 6.92 Å². The van der Waals surface area contributed by atoms with Gasteiger partial charge in [-0.1, -0.05) is 62.4 Å². The highest BCUT2D eigenvalue weighted by Gasteiger charge is 2.22. The van der Waals surface area contributed by atoms with Crippen molar-refractivity contribution in [3.63, 3.8) is 0 Å². The van der Waals surface area contributed by atoms with Gasteiger partial charge in [0.05, 0.1) is 7.11 Å². The third-order valence-corrected chi connectivity index (χ3v) is 6.91. The third kappa shape index (κ3) is 6.00. The summed E-state index contributed by atoms with van der Waals surface area (Å²) in [4.78, 5) is 13.0. The summed E-state index contributed by atoms with van der Waals surface area (Å²) in [5.74, 6) is 0.0212. The van der Waals surface area contributed by atoms with Gasteiger partial charge < -0.3 is 10.1 Å². The molecule has 0 atom stereocenters. The molecule has 0 aliphatic heterocycles. The maximum Gasteiger partial charge on any atom is 0.255 e. The number of hydrogen-bond donors (Lipinski definition) is 2. The van der Waals surface area contributed by atoms with Crippen molar-refractivity contribution < 1.29 is 17.9 Å². The lowest BCUT2D eigenvalue weighted by atomic mass is 9.98. The molecule has 0 aromatic heterocycles. The van der Waals surface area contributed by atoms with E-state index in [2.05, 4.69) is 23.9 Å². The summed E-state index contributed by atoms with van der Waals surface area (Å²) >= 11 is 0. The lowest BCUT2D eigenvalue weighted by Gasteiger charge is -2.17. The SMILES string of the molecule is COc1ccc(C(=O)Nc2c(C)cccc2C(C)C)cc1S(=O)(=O)NCCc1ccccc1. The van der Waals surface area contributed by atoms with Crippen LogP contribution in [0.5, 0.6) is 5.75 Å². The highest BCUT2D eigenvalue weighted by atomic mass is 32.2. The zero-order valence-electron chi connectivity index (χ0n) is 19.4. The van der Waals surface area contributed by atoms with Crippen LogP contribution in [-0.4, -0.2) is 28.0 Å². The molecule has 0 fully saturated rings. The Morgan fingerprint density at radius 1 is 1.00 bits per heavy atom. The first-order valence-electron chi connectivity index (χ1n) is 10.9. The number of carbonyl (C=O) groups excluding carboxylic acids is 1. The Balaban J connectivity index is 1.84.